The molecular formula is C23H25N5O6S. The summed E-state index contributed by atoms with van der Waals surface area (Å²) >= 11 is 0. The normalized spacial score (nSPS) is 14.1. The summed E-state index contributed by atoms with van der Waals surface area (Å²) < 4.78 is 43.8. The number of hydrogen-bond donors (Lipinski definition) is 1. The first-order chi connectivity index (χ1) is 16.9. The topological polar surface area (TPSA) is 142 Å². The molecule has 12 heteroatoms. The third-order valence-electron chi connectivity index (χ3n) is 5.44. The van der Waals surface area contributed by atoms with Gasteiger partial charge in [0, 0.05) is 39.1 Å². The van der Waals surface area contributed by atoms with Gasteiger partial charge in [0.05, 0.1) is 17.8 Å². The maximum atomic E-state index is 12.6. The molecule has 0 atom stereocenters. The van der Waals surface area contributed by atoms with Gasteiger partial charge in [0.1, 0.15) is 11.8 Å². The molecule has 1 amide bonds. The average Bonchev–Trinajstić information content (AvgIpc) is 3.55. The van der Waals surface area contributed by atoms with Gasteiger partial charge in [0.15, 0.2) is 5.76 Å². The fourth-order valence-electron chi connectivity index (χ4n) is 3.68. The Bertz CT molecular complexity index is 1290. The van der Waals surface area contributed by atoms with Crippen molar-refractivity contribution in [2.24, 2.45) is 0 Å². The summed E-state index contributed by atoms with van der Waals surface area (Å²) in [5.41, 5.74) is 0.153. The van der Waals surface area contributed by atoms with Crippen LogP contribution in [0.25, 0.3) is 11.7 Å². The highest BCUT2D eigenvalue weighted by Crippen LogP contribution is 2.29. The Kier molecular flexibility index (Phi) is 7.38. The number of oxazole rings is 1. The number of rotatable bonds is 9. The predicted molar refractivity (Wildman–Crippen MR) is 125 cm³/mol. The van der Waals surface area contributed by atoms with Crippen LogP contribution in [0.1, 0.15) is 19.0 Å². The lowest BCUT2D eigenvalue weighted by Crippen LogP contribution is -2.49. The first kappa shape index (κ1) is 24.3. The number of furan rings is 1. The number of carbonyl (C=O) groups excluding carboxylic acids is 1. The number of aromatic nitrogens is 1. The quantitative estimate of drug-likeness (QED) is 0.469. The third kappa shape index (κ3) is 5.64. The molecule has 3 aromatic rings. The Labute approximate surface area is 202 Å². The van der Waals surface area contributed by atoms with E-state index in [9.17, 15) is 18.5 Å². The highest BCUT2D eigenvalue weighted by Gasteiger charge is 2.27. The molecule has 3 heterocycles. The standard InChI is InChI=1S/C23H25N5O6S/c1-2-32-17-5-7-18(8-6-17)35(30,31)25-10-9-21(29)27-11-13-28(14-12-27)23-19(16-24)26-22(34-23)20-4-3-15-33-20/h3-8,15,25H,2,9-14H2,1H3. The molecule has 0 radical (unpaired) electrons. The van der Waals surface area contributed by atoms with Crippen molar-refractivity contribution >= 4 is 21.8 Å². The molecule has 35 heavy (non-hydrogen) atoms. The molecule has 0 spiro atoms. The number of anilines is 1. The minimum absolute atomic E-state index is 0.0121. The third-order valence-corrected chi connectivity index (χ3v) is 6.92. The molecule has 0 aliphatic carbocycles. The van der Waals surface area contributed by atoms with Crippen molar-refractivity contribution in [3.63, 3.8) is 0 Å². The van der Waals surface area contributed by atoms with Gasteiger partial charge in [0.25, 0.3) is 5.89 Å². The van der Waals surface area contributed by atoms with Gasteiger partial charge in [-0.05, 0) is 43.3 Å². The van der Waals surface area contributed by atoms with E-state index in [0.29, 0.717) is 50.2 Å². The van der Waals surface area contributed by atoms with Gasteiger partial charge >= 0.3 is 0 Å². The fourth-order valence-corrected chi connectivity index (χ4v) is 4.71. The molecule has 1 saturated heterocycles. The first-order valence-electron chi connectivity index (χ1n) is 11.1. The van der Waals surface area contributed by atoms with Crippen molar-refractivity contribution < 1.29 is 26.8 Å². The van der Waals surface area contributed by atoms with Gasteiger partial charge in [-0.15, -0.1) is 0 Å². The summed E-state index contributed by atoms with van der Waals surface area (Å²) in [6.45, 7) is 4.04. The van der Waals surface area contributed by atoms with Crippen LogP contribution in [0.15, 0.2) is 56.4 Å². The molecule has 1 fully saturated rings. The summed E-state index contributed by atoms with van der Waals surface area (Å²) in [5, 5.41) is 9.43. The number of sulfonamides is 1. The predicted octanol–water partition coefficient (Wildman–Crippen LogP) is 2.22. The van der Waals surface area contributed by atoms with E-state index < -0.39 is 10.0 Å². The lowest BCUT2D eigenvalue weighted by atomic mass is 10.2. The van der Waals surface area contributed by atoms with Crippen molar-refractivity contribution in [3.8, 4) is 23.5 Å². The van der Waals surface area contributed by atoms with Crippen LogP contribution in [-0.2, 0) is 14.8 Å². The number of benzene rings is 1. The second-order valence-electron chi connectivity index (χ2n) is 7.68. The van der Waals surface area contributed by atoms with Crippen LogP contribution in [-0.4, -0.2) is 63.5 Å². The van der Waals surface area contributed by atoms with Crippen LogP contribution in [0.4, 0.5) is 5.88 Å². The van der Waals surface area contributed by atoms with Crippen LogP contribution < -0.4 is 14.4 Å². The second-order valence-corrected chi connectivity index (χ2v) is 9.45. The lowest BCUT2D eigenvalue weighted by Gasteiger charge is -2.34. The number of hydrogen-bond acceptors (Lipinski definition) is 9. The van der Waals surface area contributed by atoms with E-state index >= 15 is 0 Å². The van der Waals surface area contributed by atoms with Crippen LogP contribution in [0, 0.1) is 11.3 Å². The zero-order valence-electron chi connectivity index (χ0n) is 19.1. The number of nitrogens with zero attached hydrogens (tertiary/aromatic N) is 4. The van der Waals surface area contributed by atoms with Crippen LogP contribution >= 0.6 is 0 Å². The molecule has 2 aromatic heterocycles. The van der Waals surface area contributed by atoms with Gasteiger partial charge in [-0.25, -0.2) is 13.1 Å². The number of carbonyl (C=O) groups is 1. The molecule has 0 unspecified atom stereocenters. The molecule has 1 N–H and O–H groups in total. The smallest absolute Gasteiger partial charge is 0.266 e. The zero-order valence-corrected chi connectivity index (χ0v) is 20.0. The number of nitriles is 1. The highest BCUT2D eigenvalue weighted by molar-refractivity contribution is 7.89. The van der Waals surface area contributed by atoms with E-state index in [2.05, 4.69) is 9.71 Å². The second kappa shape index (κ2) is 10.6. The monoisotopic (exact) mass is 499 g/mol. The number of piperazine rings is 1. The van der Waals surface area contributed by atoms with E-state index in [1.165, 1.54) is 18.4 Å². The lowest BCUT2D eigenvalue weighted by molar-refractivity contribution is -0.131. The van der Waals surface area contributed by atoms with E-state index in [4.69, 9.17) is 13.6 Å². The van der Waals surface area contributed by atoms with E-state index in [1.54, 1.807) is 29.2 Å². The zero-order chi connectivity index (χ0) is 24.8. The van der Waals surface area contributed by atoms with E-state index in [-0.39, 0.29) is 35.4 Å². The Balaban J connectivity index is 1.28. The fraction of sp³-hybridized carbons (Fsp3) is 0.348. The summed E-state index contributed by atoms with van der Waals surface area (Å²) in [5.74, 6) is 1.42. The van der Waals surface area contributed by atoms with Gasteiger partial charge in [0.2, 0.25) is 27.5 Å². The highest BCUT2D eigenvalue weighted by atomic mass is 32.2. The van der Waals surface area contributed by atoms with Crippen molar-refractivity contribution in [2.75, 3.05) is 44.2 Å². The number of nitrogens with one attached hydrogen (secondary N) is 1. The Morgan fingerprint density at radius 1 is 1.20 bits per heavy atom. The molecule has 0 bridgehead atoms. The minimum atomic E-state index is -3.73. The van der Waals surface area contributed by atoms with E-state index in [0.717, 1.165) is 0 Å². The maximum absolute atomic E-state index is 12.6. The molecule has 1 aromatic carbocycles. The summed E-state index contributed by atoms with van der Waals surface area (Å²) in [6.07, 6.45) is 1.53. The van der Waals surface area contributed by atoms with Crippen LogP contribution in [0.5, 0.6) is 5.75 Å². The first-order valence-corrected chi connectivity index (χ1v) is 12.6. The number of ether oxygens (including phenoxy) is 1. The molecular weight excluding hydrogens is 474 g/mol. The SMILES string of the molecule is CCOc1ccc(S(=O)(=O)NCCC(=O)N2CCN(c3oc(-c4ccco4)nc3C#N)CC2)cc1. The minimum Gasteiger partial charge on any atom is -0.494 e. The van der Waals surface area contributed by atoms with Crippen molar-refractivity contribution in [3.05, 3.63) is 48.4 Å². The molecule has 4 rings (SSSR count). The van der Waals surface area contributed by atoms with Gasteiger partial charge < -0.3 is 23.4 Å². The summed E-state index contributed by atoms with van der Waals surface area (Å²) in [4.78, 5) is 20.4. The molecule has 184 valence electrons. The summed E-state index contributed by atoms with van der Waals surface area (Å²) in [6, 6.07) is 11.5. The Hall–Kier alpha value is -3.82. The average molecular weight is 500 g/mol. The molecule has 1 aliphatic rings. The number of amides is 1. The van der Waals surface area contributed by atoms with Crippen molar-refractivity contribution in [1.82, 2.24) is 14.6 Å². The van der Waals surface area contributed by atoms with E-state index in [1.807, 2.05) is 17.9 Å². The largest absolute Gasteiger partial charge is 0.494 e. The summed E-state index contributed by atoms with van der Waals surface area (Å²) in [7, 11) is -3.73. The van der Waals surface area contributed by atoms with Crippen LogP contribution in [0.2, 0.25) is 0 Å². The van der Waals surface area contributed by atoms with Crippen molar-refractivity contribution in [2.45, 2.75) is 18.2 Å². The van der Waals surface area contributed by atoms with Gasteiger partial charge in [-0.1, -0.05) is 0 Å². The van der Waals surface area contributed by atoms with Gasteiger partial charge in [-0.2, -0.15) is 10.2 Å². The van der Waals surface area contributed by atoms with Crippen LogP contribution in [0.3, 0.4) is 0 Å². The van der Waals surface area contributed by atoms with Gasteiger partial charge in [-0.3, -0.25) is 4.79 Å². The maximum Gasteiger partial charge on any atom is 0.266 e. The van der Waals surface area contributed by atoms with Crippen molar-refractivity contribution in [1.29, 1.82) is 5.26 Å². The molecule has 11 nitrogen and oxygen atoms in total. The Morgan fingerprint density at radius 3 is 2.57 bits per heavy atom. The Morgan fingerprint density at radius 2 is 1.94 bits per heavy atom. The molecule has 1 aliphatic heterocycles. The molecule has 0 saturated carbocycles.